The Bertz CT molecular complexity index is 320. The first-order valence-electron chi connectivity index (χ1n) is 6.74. The Hall–Kier alpha value is -0.890. The van der Waals surface area contributed by atoms with Gasteiger partial charge in [-0.25, -0.2) is 8.78 Å². The fourth-order valence-electron chi connectivity index (χ4n) is 2.38. The molecule has 0 saturated carbocycles. The minimum absolute atomic E-state index is 0.0291. The van der Waals surface area contributed by atoms with E-state index in [9.17, 15) is 22.4 Å². The highest BCUT2D eigenvalue weighted by molar-refractivity contribution is 5.84. The fraction of sp³-hybridized carbons (Fsp3) is 0.917. The van der Waals surface area contributed by atoms with Crippen molar-refractivity contribution in [3.05, 3.63) is 0 Å². The molecule has 20 heavy (non-hydrogen) atoms. The van der Waals surface area contributed by atoms with Crippen LogP contribution in [0.2, 0.25) is 0 Å². The summed E-state index contributed by atoms with van der Waals surface area (Å²) in [5.41, 5.74) is 5.65. The molecule has 0 aromatic heterocycles. The number of amides is 1. The van der Waals surface area contributed by atoms with Gasteiger partial charge in [0.25, 0.3) is 5.91 Å². The van der Waals surface area contributed by atoms with Crippen LogP contribution in [0, 0.1) is 0 Å². The van der Waals surface area contributed by atoms with Crippen LogP contribution in [0.4, 0.5) is 17.6 Å². The molecule has 2 N–H and O–H groups in total. The van der Waals surface area contributed by atoms with Crippen LogP contribution >= 0.6 is 0 Å². The summed E-state index contributed by atoms with van der Waals surface area (Å²) in [4.78, 5) is 14.2. The van der Waals surface area contributed by atoms with E-state index in [-0.39, 0.29) is 19.1 Å². The molecule has 0 aromatic rings. The van der Waals surface area contributed by atoms with Gasteiger partial charge in [0.05, 0.1) is 0 Å². The van der Waals surface area contributed by atoms with Gasteiger partial charge in [-0.15, -0.1) is 0 Å². The van der Waals surface area contributed by atoms with Crippen LogP contribution in [0.3, 0.4) is 0 Å². The van der Waals surface area contributed by atoms with Crippen LogP contribution in [0.1, 0.15) is 19.8 Å². The Morgan fingerprint density at radius 2 is 1.80 bits per heavy atom. The summed E-state index contributed by atoms with van der Waals surface area (Å²) in [5, 5.41) is 0. The lowest BCUT2D eigenvalue weighted by Gasteiger charge is -2.39. The number of alkyl halides is 4. The van der Waals surface area contributed by atoms with Gasteiger partial charge >= 0.3 is 12.3 Å². The molecule has 1 saturated heterocycles. The van der Waals surface area contributed by atoms with Crippen LogP contribution in [0.5, 0.6) is 0 Å². The second-order valence-corrected chi connectivity index (χ2v) is 4.93. The summed E-state index contributed by atoms with van der Waals surface area (Å²) < 4.78 is 50.3. The zero-order valence-corrected chi connectivity index (χ0v) is 11.5. The Morgan fingerprint density at radius 1 is 1.25 bits per heavy atom. The zero-order valence-electron chi connectivity index (χ0n) is 11.5. The number of nitrogens with zero attached hydrogens (tertiary/aromatic N) is 2. The fourth-order valence-corrected chi connectivity index (χ4v) is 2.38. The van der Waals surface area contributed by atoms with E-state index in [2.05, 4.69) is 0 Å². The van der Waals surface area contributed by atoms with Crippen molar-refractivity contribution in [1.29, 1.82) is 0 Å². The van der Waals surface area contributed by atoms with Crippen molar-refractivity contribution >= 4 is 5.91 Å². The highest BCUT2D eigenvalue weighted by atomic mass is 19.3. The minimum atomic E-state index is -4.60. The summed E-state index contributed by atoms with van der Waals surface area (Å²) in [6.07, 6.45) is -2.13. The minimum Gasteiger partial charge on any atom is -0.335 e. The summed E-state index contributed by atoms with van der Waals surface area (Å²) in [5.74, 6) is -6.38. The SMILES string of the molecule is CCCC(CN)N1CCN(C(=O)C(F)(F)C(F)F)CC1. The molecule has 1 atom stereocenters. The molecule has 1 amide bonds. The Balaban J connectivity index is 2.56. The van der Waals surface area contributed by atoms with E-state index in [0.717, 1.165) is 17.7 Å². The number of nitrogens with two attached hydrogens (primary N) is 1. The summed E-state index contributed by atoms with van der Waals surface area (Å²) >= 11 is 0. The standard InChI is InChI=1S/C12H21F4N3O/c1-2-3-9(8-17)18-4-6-19(7-5-18)11(20)12(15,16)10(13)14/h9-10H,2-8,17H2,1H3. The maximum absolute atomic E-state index is 13.0. The largest absolute Gasteiger partial charge is 0.383 e. The molecule has 1 aliphatic rings. The normalized spacial score (nSPS) is 19.4. The first-order valence-corrected chi connectivity index (χ1v) is 6.74. The number of hydrogen-bond acceptors (Lipinski definition) is 3. The van der Waals surface area contributed by atoms with Gasteiger partial charge in [-0.2, -0.15) is 8.78 Å². The number of carbonyl (C=O) groups is 1. The number of piperazine rings is 1. The van der Waals surface area contributed by atoms with Crippen LogP contribution in [0.15, 0.2) is 0 Å². The first kappa shape index (κ1) is 17.2. The Kier molecular flexibility index (Phi) is 6.19. The molecule has 0 spiro atoms. The second kappa shape index (κ2) is 7.21. The molecular weight excluding hydrogens is 278 g/mol. The molecule has 1 aliphatic heterocycles. The number of rotatable bonds is 6. The molecule has 118 valence electrons. The molecule has 1 unspecified atom stereocenters. The average molecular weight is 299 g/mol. The third-order valence-electron chi connectivity index (χ3n) is 3.57. The topological polar surface area (TPSA) is 49.6 Å². The highest BCUT2D eigenvalue weighted by Crippen LogP contribution is 2.26. The third-order valence-corrected chi connectivity index (χ3v) is 3.57. The zero-order chi connectivity index (χ0) is 15.3. The van der Waals surface area contributed by atoms with Gasteiger partial charge < -0.3 is 10.6 Å². The van der Waals surface area contributed by atoms with Crippen molar-refractivity contribution in [3.8, 4) is 0 Å². The van der Waals surface area contributed by atoms with E-state index >= 15 is 0 Å². The van der Waals surface area contributed by atoms with Crippen LogP contribution < -0.4 is 5.73 Å². The van der Waals surface area contributed by atoms with Crippen molar-refractivity contribution in [2.24, 2.45) is 5.73 Å². The van der Waals surface area contributed by atoms with Crippen molar-refractivity contribution in [1.82, 2.24) is 9.80 Å². The predicted octanol–water partition coefficient (Wildman–Crippen LogP) is 1.16. The van der Waals surface area contributed by atoms with Gasteiger partial charge in [0.2, 0.25) is 0 Å². The molecule has 4 nitrogen and oxygen atoms in total. The molecule has 0 bridgehead atoms. The number of carbonyl (C=O) groups excluding carboxylic acids is 1. The van der Waals surface area contributed by atoms with E-state index < -0.39 is 18.3 Å². The van der Waals surface area contributed by atoms with E-state index in [1.807, 2.05) is 11.8 Å². The Morgan fingerprint density at radius 3 is 2.20 bits per heavy atom. The van der Waals surface area contributed by atoms with Gasteiger partial charge in [0.1, 0.15) is 0 Å². The highest BCUT2D eigenvalue weighted by Gasteiger charge is 2.51. The van der Waals surface area contributed by atoms with Gasteiger partial charge in [-0.1, -0.05) is 13.3 Å². The van der Waals surface area contributed by atoms with Gasteiger partial charge in [0.15, 0.2) is 0 Å². The second-order valence-electron chi connectivity index (χ2n) is 4.93. The van der Waals surface area contributed by atoms with Crippen molar-refractivity contribution in [2.45, 2.75) is 38.2 Å². The maximum Gasteiger partial charge on any atom is 0.383 e. The van der Waals surface area contributed by atoms with E-state index in [4.69, 9.17) is 5.73 Å². The predicted molar refractivity (Wildman–Crippen MR) is 66.9 cm³/mol. The third kappa shape index (κ3) is 3.82. The van der Waals surface area contributed by atoms with Crippen LogP contribution in [-0.4, -0.2) is 66.8 Å². The Labute approximate surface area is 115 Å². The molecule has 0 aliphatic carbocycles. The maximum atomic E-state index is 13.0. The quantitative estimate of drug-likeness (QED) is 0.749. The van der Waals surface area contributed by atoms with Crippen molar-refractivity contribution in [3.63, 3.8) is 0 Å². The monoisotopic (exact) mass is 299 g/mol. The van der Waals surface area contributed by atoms with Crippen molar-refractivity contribution < 1.29 is 22.4 Å². The lowest BCUT2D eigenvalue weighted by Crippen LogP contribution is -2.57. The van der Waals surface area contributed by atoms with E-state index in [1.165, 1.54) is 0 Å². The lowest BCUT2D eigenvalue weighted by molar-refractivity contribution is -0.182. The van der Waals surface area contributed by atoms with E-state index in [0.29, 0.717) is 19.6 Å². The summed E-state index contributed by atoms with van der Waals surface area (Å²) in [6, 6.07) is 0.146. The molecule has 0 aromatic carbocycles. The van der Waals surface area contributed by atoms with Crippen molar-refractivity contribution in [2.75, 3.05) is 32.7 Å². The van der Waals surface area contributed by atoms with Crippen LogP contribution in [0.25, 0.3) is 0 Å². The van der Waals surface area contributed by atoms with Crippen LogP contribution in [-0.2, 0) is 4.79 Å². The smallest absolute Gasteiger partial charge is 0.335 e. The summed E-state index contributed by atoms with van der Waals surface area (Å²) in [6.45, 7) is 3.29. The van der Waals surface area contributed by atoms with E-state index in [1.54, 1.807) is 0 Å². The molecular formula is C12H21F4N3O. The molecule has 1 rings (SSSR count). The molecule has 8 heteroatoms. The lowest BCUT2D eigenvalue weighted by atomic mass is 10.1. The average Bonchev–Trinajstić information content (AvgIpc) is 2.44. The van der Waals surface area contributed by atoms with Gasteiger partial charge in [0, 0.05) is 38.8 Å². The van der Waals surface area contributed by atoms with Gasteiger partial charge in [-0.3, -0.25) is 9.69 Å². The van der Waals surface area contributed by atoms with Gasteiger partial charge in [-0.05, 0) is 6.42 Å². The number of halogens is 4. The number of hydrogen-bond donors (Lipinski definition) is 1. The molecule has 1 heterocycles. The molecule has 1 fully saturated rings. The first-order chi connectivity index (χ1) is 9.34. The molecule has 0 radical (unpaired) electrons. The summed E-state index contributed by atoms with van der Waals surface area (Å²) in [7, 11) is 0.